The summed E-state index contributed by atoms with van der Waals surface area (Å²) in [4.78, 5) is 30.1. The molecule has 6 nitrogen and oxygen atoms in total. The van der Waals surface area contributed by atoms with Crippen molar-refractivity contribution in [3.8, 4) is 0 Å². The molecule has 0 radical (unpaired) electrons. The molecule has 0 fully saturated rings. The zero-order valence-electron chi connectivity index (χ0n) is 14.6. The van der Waals surface area contributed by atoms with Crippen LogP contribution in [-0.4, -0.2) is 20.7 Å². The number of fused-ring (bicyclic) bond motifs is 1. The van der Waals surface area contributed by atoms with Gasteiger partial charge in [0.15, 0.2) is 5.13 Å². The molecule has 0 aliphatic heterocycles. The highest BCUT2D eigenvalue weighted by Gasteiger charge is 2.11. The summed E-state index contributed by atoms with van der Waals surface area (Å²) in [6.07, 6.45) is 4.08. The molecule has 2 heterocycles. The first-order valence-corrected chi connectivity index (χ1v) is 10.1. The summed E-state index contributed by atoms with van der Waals surface area (Å²) < 4.78 is 2.19. The molecule has 28 heavy (non-hydrogen) atoms. The van der Waals surface area contributed by atoms with Crippen LogP contribution in [0.3, 0.4) is 0 Å². The normalized spacial score (nSPS) is 10.9. The second kappa shape index (κ2) is 8.04. The van der Waals surface area contributed by atoms with Crippen LogP contribution in [0, 0.1) is 0 Å². The standard InChI is InChI=1S/C20H15BrN4O2S/c21-15-7-5-13(6-8-15)9-16-11-22-20(28-16)24-18(26)12-25-19(27)17-4-2-1-3-14(17)10-23-25/h1-8,10-11H,9,12H2,(H,22,24,26). The molecule has 4 aromatic rings. The zero-order chi connectivity index (χ0) is 19.5. The Morgan fingerprint density at radius 2 is 1.89 bits per heavy atom. The number of hydrogen-bond acceptors (Lipinski definition) is 5. The number of halogens is 1. The maximum atomic E-state index is 12.5. The molecule has 1 N–H and O–H groups in total. The number of carbonyl (C=O) groups excluding carboxylic acids is 1. The zero-order valence-corrected chi connectivity index (χ0v) is 17.0. The Balaban J connectivity index is 1.43. The van der Waals surface area contributed by atoms with Crippen molar-refractivity contribution in [2.24, 2.45) is 0 Å². The topological polar surface area (TPSA) is 76.9 Å². The summed E-state index contributed by atoms with van der Waals surface area (Å²) in [5.41, 5.74) is 0.875. The number of nitrogens with one attached hydrogen (secondary N) is 1. The van der Waals surface area contributed by atoms with Crippen LogP contribution >= 0.6 is 27.3 Å². The molecule has 2 aromatic carbocycles. The van der Waals surface area contributed by atoms with Gasteiger partial charge in [-0.25, -0.2) is 9.67 Å². The van der Waals surface area contributed by atoms with E-state index in [1.165, 1.54) is 11.3 Å². The van der Waals surface area contributed by atoms with E-state index in [1.807, 2.05) is 36.4 Å². The molecule has 0 spiro atoms. The van der Waals surface area contributed by atoms with Crippen molar-refractivity contribution in [2.75, 3.05) is 5.32 Å². The maximum absolute atomic E-state index is 12.5. The number of hydrogen-bond donors (Lipinski definition) is 1. The van der Waals surface area contributed by atoms with Gasteiger partial charge >= 0.3 is 0 Å². The van der Waals surface area contributed by atoms with Crippen molar-refractivity contribution in [2.45, 2.75) is 13.0 Å². The van der Waals surface area contributed by atoms with Gasteiger partial charge in [0, 0.05) is 27.4 Å². The van der Waals surface area contributed by atoms with Gasteiger partial charge in [0.1, 0.15) is 6.54 Å². The number of nitrogens with zero attached hydrogens (tertiary/aromatic N) is 3. The van der Waals surface area contributed by atoms with Gasteiger partial charge in [-0.05, 0) is 23.8 Å². The predicted molar refractivity (Wildman–Crippen MR) is 114 cm³/mol. The third kappa shape index (κ3) is 4.18. The van der Waals surface area contributed by atoms with Crippen LogP contribution in [0.2, 0.25) is 0 Å². The fraction of sp³-hybridized carbons (Fsp3) is 0.100. The third-order valence-corrected chi connectivity index (χ3v) is 5.59. The summed E-state index contributed by atoms with van der Waals surface area (Å²) in [6, 6.07) is 15.2. The summed E-state index contributed by atoms with van der Waals surface area (Å²) in [5, 5.41) is 8.62. The lowest BCUT2D eigenvalue weighted by molar-refractivity contribution is -0.117. The third-order valence-electron chi connectivity index (χ3n) is 4.15. The number of thiazole rings is 1. The van der Waals surface area contributed by atoms with Crippen LogP contribution in [0.5, 0.6) is 0 Å². The lowest BCUT2D eigenvalue weighted by Gasteiger charge is -2.05. The Morgan fingerprint density at radius 3 is 2.71 bits per heavy atom. The highest BCUT2D eigenvalue weighted by molar-refractivity contribution is 9.10. The molecular weight excluding hydrogens is 440 g/mol. The first kappa shape index (κ1) is 18.5. The Labute approximate surface area is 173 Å². The number of anilines is 1. The van der Waals surface area contributed by atoms with Crippen LogP contribution in [0.25, 0.3) is 10.8 Å². The van der Waals surface area contributed by atoms with E-state index in [-0.39, 0.29) is 18.0 Å². The van der Waals surface area contributed by atoms with Gasteiger partial charge in [-0.1, -0.05) is 46.3 Å². The number of aromatic nitrogens is 3. The summed E-state index contributed by atoms with van der Waals surface area (Å²) in [5.74, 6) is -0.338. The Hall–Kier alpha value is -2.84. The molecule has 2 aromatic heterocycles. The first-order chi connectivity index (χ1) is 13.6. The minimum Gasteiger partial charge on any atom is -0.300 e. The van der Waals surface area contributed by atoms with Crippen LogP contribution in [-0.2, 0) is 17.8 Å². The van der Waals surface area contributed by atoms with Crippen LogP contribution in [0.1, 0.15) is 10.4 Å². The molecule has 4 rings (SSSR count). The van der Waals surface area contributed by atoms with Crippen LogP contribution in [0.15, 0.2) is 70.2 Å². The van der Waals surface area contributed by atoms with E-state index < -0.39 is 0 Å². The Bertz CT molecular complexity index is 1200. The lowest BCUT2D eigenvalue weighted by atomic mass is 10.1. The second-order valence-corrected chi connectivity index (χ2v) is 8.21. The SMILES string of the molecule is O=C(Cn1ncc2ccccc2c1=O)Nc1ncc(Cc2ccc(Br)cc2)s1. The van der Waals surface area contributed by atoms with E-state index in [0.29, 0.717) is 10.5 Å². The molecule has 0 atom stereocenters. The molecule has 140 valence electrons. The average Bonchev–Trinajstić information content (AvgIpc) is 3.13. The van der Waals surface area contributed by atoms with Gasteiger partial charge in [-0.3, -0.25) is 9.59 Å². The predicted octanol–water partition coefficient (Wildman–Crippen LogP) is 3.85. The largest absolute Gasteiger partial charge is 0.300 e. The van der Waals surface area contributed by atoms with Gasteiger partial charge in [-0.2, -0.15) is 5.10 Å². The summed E-state index contributed by atoms with van der Waals surface area (Å²) >= 11 is 4.84. The van der Waals surface area contributed by atoms with Crippen molar-refractivity contribution in [1.82, 2.24) is 14.8 Å². The van der Waals surface area contributed by atoms with Crippen molar-refractivity contribution >= 4 is 49.1 Å². The highest BCUT2D eigenvalue weighted by atomic mass is 79.9. The first-order valence-electron chi connectivity index (χ1n) is 8.52. The highest BCUT2D eigenvalue weighted by Crippen LogP contribution is 2.22. The Kier molecular flexibility index (Phi) is 5.31. The molecule has 0 saturated heterocycles. The van der Waals surface area contributed by atoms with E-state index in [2.05, 4.69) is 31.3 Å². The number of carbonyl (C=O) groups is 1. The monoisotopic (exact) mass is 454 g/mol. The van der Waals surface area contributed by atoms with E-state index in [0.717, 1.165) is 31.4 Å². The average molecular weight is 455 g/mol. The molecule has 0 aliphatic rings. The van der Waals surface area contributed by atoms with Crippen LogP contribution < -0.4 is 10.9 Å². The summed E-state index contributed by atoms with van der Waals surface area (Å²) in [6.45, 7) is -0.161. The fourth-order valence-corrected chi connectivity index (χ4v) is 3.91. The van der Waals surface area contributed by atoms with Crippen LogP contribution in [0.4, 0.5) is 5.13 Å². The molecule has 0 aliphatic carbocycles. The van der Waals surface area contributed by atoms with Gasteiger partial charge < -0.3 is 5.32 Å². The Morgan fingerprint density at radius 1 is 1.11 bits per heavy atom. The van der Waals surface area contributed by atoms with E-state index in [1.54, 1.807) is 24.5 Å². The minimum atomic E-state index is -0.338. The maximum Gasteiger partial charge on any atom is 0.275 e. The molecule has 0 saturated carbocycles. The molecule has 1 amide bonds. The smallest absolute Gasteiger partial charge is 0.275 e. The molecule has 8 heteroatoms. The molecular formula is C20H15BrN4O2S. The number of benzene rings is 2. The fourth-order valence-electron chi connectivity index (χ4n) is 2.79. The van der Waals surface area contributed by atoms with Crippen molar-refractivity contribution in [3.05, 3.63) is 86.2 Å². The van der Waals surface area contributed by atoms with Gasteiger partial charge in [0.05, 0.1) is 11.6 Å². The van der Waals surface area contributed by atoms with Gasteiger partial charge in [-0.15, -0.1) is 11.3 Å². The van der Waals surface area contributed by atoms with Crippen molar-refractivity contribution < 1.29 is 4.79 Å². The van der Waals surface area contributed by atoms with Crippen molar-refractivity contribution in [3.63, 3.8) is 0 Å². The summed E-state index contributed by atoms with van der Waals surface area (Å²) in [7, 11) is 0. The second-order valence-electron chi connectivity index (χ2n) is 6.18. The lowest BCUT2D eigenvalue weighted by Crippen LogP contribution is -2.29. The molecule has 0 unspecified atom stereocenters. The van der Waals surface area contributed by atoms with E-state index >= 15 is 0 Å². The number of rotatable bonds is 5. The van der Waals surface area contributed by atoms with Crippen molar-refractivity contribution in [1.29, 1.82) is 0 Å². The van der Waals surface area contributed by atoms with Gasteiger partial charge in [0.2, 0.25) is 5.91 Å². The van der Waals surface area contributed by atoms with E-state index in [9.17, 15) is 9.59 Å². The van der Waals surface area contributed by atoms with E-state index in [4.69, 9.17) is 0 Å². The minimum absolute atomic E-state index is 0.161. The number of amides is 1. The molecule has 0 bridgehead atoms. The van der Waals surface area contributed by atoms with Gasteiger partial charge in [0.25, 0.3) is 5.56 Å². The quantitative estimate of drug-likeness (QED) is 0.496.